The zero-order chi connectivity index (χ0) is 37.8. The second kappa shape index (κ2) is 17.9. The van der Waals surface area contributed by atoms with Crippen molar-refractivity contribution in [2.75, 3.05) is 11.9 Å². The lowest BCUT2D eigenvalue weighted by Crippen LogP contribution is -2.53. The van der Waals surface area contributed by atoms with Crippen molar-refractivity contribution in [1.82, 2.24) is 21.3 Å². The minimum absolute atomic E-state index is 0.00294. The molecule has 5 N–H and O–H groups in total. The third-order valence-electron chi connectivity index (χ3n) is 8.39. The minimum atomic E-state index is -1.10. The number of hydrogen-bond acceptors (Lipinski definition) is 7. The van der Waals surface area contributed by atoms with E-state index in [0.717, 1.165) is 22.3 Å². The Morgan fingerprint density at radius 2 is 1.34 bits per heavy atom. The average molecular weight is 720 g/mol. The number of ether oxygens (including phenoxy) is 2. The zero-order valence-corrected chi connectivity index (χ0v) is 30.0. The highest BCUT2D eigenvalue weighted by Gasteiger charge is 2.35. The second-order valence-electron chi connectivity index (χ2n) is 13.7. The maximum absolute atomic E-state index is 13.5. The summed E-state index contributed by atoms with van der Waals surface area (Å²) in [6.07, 6.45) is -0.709. The molecule has 53 heavy (non-hydrogen) atoms. The van der Waals surface area contributed by atoms with E-state index in [0.29, 0.717) is 18.0 Å². The van der Waals surface area contributed by atoms with Gasteiger partial charge in [-0.1, -0.05) is 91.0 Å². The third-order valence-corrected chi connectivity index (χ3v) is 8.39. The van der Waals surface area contributed by atoms with Crippen LogP contribution in [-0.4, -0.2) is 54.0 Å². The first-order chi connectivity index (χ1) is 25.4. The Balaban J connectivity index is 1.23. The van der Waals surface area contributed by atoms with E-state index in [4.69, 9.17) is 9.47 Å². The fourth-order valence-corrected chi connectivity index (χ4v) is 5.78. The van der Waals surface area contributed by atoms with Gasteiger partial charge in [-0.3, -0.25) is 19.2 Å². The Labute approximate surface area is 309 Å². The fraction of sp³-hybridized carbons (Fsp3) is 0.293. The molecule has 3 atom stereocenters. The fourth-order valence-electron chi connectivity index (χ4n) is 5.78. The molecule has 0 aliphatic carbocycles. The quantitative estimate of drug-likeness (QED) is 0.118. The number of amides is 5. The molecule has 5 amide bonds. The SMILES string of the molecule is CC(C)(C)OC(=O)N[C@@H](Cc1ccc(OCc2ccccc2)cc1)C(=O)NCC(=O)N[C@@H](CC1C(=O)Nc2ccccc21)C(=O)NCc1ccccc1. The van der Waals surface area contributed by atoms with Crippen molar-refractivity contribution >= 4 is 35.4 Å². The van der Waals surface area contributed by atoms with E-state index >= 15 is 0 Å². The van der Waals surface area contributed by atoms with Gasteiger partial charge in [-0.15, -0.1) is 0 Å². The van der Waals surface area contributed by atoms with Crippen molar-refractivity contribution in [3.63, 3.8) is 0 Å². The van der Waals surface area contributed by atoms with Gasteiger partial charge in [0, 0.05) is 18.7 Å². The first-order valence-electron chi connectivity index (χ1n) is 17.5. The summed E-state index contributed by atoms with van der Waals surface area (Å²) in [5.41, 5.74) is 3.18. The summed E-state index contributed by atoms with van der Waals surface area (Å²) < 4.78 is 11.3. The summed E-state index contributed by atoms with van der Waals surface area (Å²) in [6, 6.07) is 31.2. The number of rotatable bonds is 15. The van der Waals surface area contributed by atoms with Gasteiger partial charge in [0.15, 0.2) is 0 Å². The summed E-state index contributed by atoms with van der Waals surface area (Å²) in [4.78, 5) is 65.9. The number of carbonyl (C=O) groups excluding carboxylic acids is 5. The van der Waals surface area contributed by atoms with Gasteiger partial charge in [-0.05, 0) is 67.6 Å². The smallest absolute Gasteiger partial charge is 0.408 e. The number of nitrogens with one attached hydrogen (secondary N) is 5. The molecule has 5 rings (SSSR count). The van der Waals surface area contributed by atoms with Crippen LogP contribution in [0.5, 0.6) is 5.75 Å². The predicted molar refractivity (Wildman–Crippen MR) is 200 cm³/mol. The number of alkyl carbamates (subject to hydrolysis) is 1. The number of carbonyl (C=O) groups is 5. The maximum atomic E-state index is 13.5. The number of hydrogen-bond donors (Lipinski definition) is 5. The van der Waals surface area contributed by atoms with E-state index in [2.05, 4.69) is 26.6 Å². The van der Waals surface area contributed by atoms with Crippen LogP contribution in [0.25, 0.3) is 0 Å². The Morgan fingerprint density at radius 3 is 2.02 bits per heavy atom. The molecule has 1 aliphatic heterocycles. The summed E-state index contributed by atoms with van der Waals surface area (Å²) in [5.74, 6) is -2.08. The molecule has 0 spiro atoms. The van der Waals surface area contributed by atoms with Crippen molar-refractivity contribution in [3.8, 4) is 5.75 Å². The van der Waals surface area contributed by atoms with E-state index in [9.17, 15) is 24.0 Å². The molecular formula is C41H45N5O7. The average Bonchev–Trinajstić information content (AvgIpc) is 3.46. The van der Waals surface area contributed by atoms with Crippen LogP contribution in [0.15, 0.2) is 109 Å². The molecule has 276 valence electrons. The normalized spacial score (nSPS) is 14.5. The summed E-state index contributed by atoms with van der Waals surface area (Å²) >= 11 is 0. The maximum Gasteiger partial charge on any atom is 0.408 e. The van der Waals surface area contributed by atoms with Gasteiger partial charge in [0.1, 0.15) is 30.0 Å². The highest BCUT2D eigenvalue weighted by atomic mass is 16.6. The number of benzene rings is 4. The molecule has 0 bridgehead atoms. The van der Waals surface area contributed by atoms with Gasteiger partial charge in [-0.25, -0.2) is 4.79 Å². The molecule has 1 unspecified atom stereocenters. The number of para-hydroxylation sites is 1. The predicted octanol–water partition coefficient (Wildman–Crippen LogP) is 4.74. The van der Waals surface area contributed by atoms with Crippen molar-refractivity contribution in [2.24, 2.45) is 0 Å². The Kier molecular flexibility index (Phi) is 12.8. The number of fused-ring (bicyclic) bond motifs is 1. The van der Waals surface area contributed by atoms with Crippen LogP contribution >= 0.6 is 0 Å². The molecule has 1 aliphatic rings. The largest absolute Gasteiger partial charge is 0.489 e. The molecule has 12 nitrogen and oxygen atoms in total. The van der Waals surface area contributed by atoms with Crippen molar-refractivity contribution in [3.05, 3.63) is 131 Å². The van der Waals surface area contributed by atoms with Crippen LogP contribution < -0.4 is 31.3 Å². The summed E-state index contributed by atoms with van der Waals surface area (Å²) in [5, 5.41) is 13.6. The molecular weight excluding hydrogens is 674 g/mol. The van der Waals surface area contributed by atoms with Gasteiger partial charge in [0.25, 0.3) is 0 Å². The van der Waals surface area contributed by atoms with Crippen LogP contribution in [0.3, 0.4) is 0 Å². The second-order valence-corrected chi connectivity index (χ2v) is 13.7. The van der Waals surface area contributed by atoms with Gasteiger partial charge in [0.05, 0.1) is 12.5 Å². The molecule has 12 heteroatoms. The van der Waals surface area contributed by atoms with Crippen molar-refractivity contribution < 1.29 is 33.4 Å². The van der Waals surface area contributed by atoms with Crippen LogP contribution in [0, 0.1) is 0 Å². The summed E-state index contributed by atoms with van der Waals surface area (Å²) in [7, 11) is 0. The highest BCUT2D eigenvalue weighted by Crippen LogP contribution is 2.35. The lowest BCUT2D eigenvalue weighted by Gasteiger charge is -2.24. The molecule has 0 saturated carbocycles. The summed E-state index contributed by atoms with van der Waals surface area (Å²) in [6.45, 7) is 5.24. The highest BCUT2D eigenvalue weighted by molar-refractivity contribution is 6.03. The van der Waals surface area contributed by atoms with Gasteiger partial charge in [-0.2, -0.15) is 0 Å². The molecule has 0 aromatic heterocycles. The lowest BCUT2D eigenvalue weighted by atomic mass is 9.93. The number of anilines is 1. The van der Waals surface area contributed by atoms with E-state index in [-0.39, 0.29) is 25.3 Å². The lowest BCUT2D eigenvalue weighted by molar-refractivity contribution is -0.130. The van der Waals surface area contributed by atoms with Gasteiger partial charge in [0.2, 0.25) is 23.6 Å². The van der Waals surface area contributed by atoms with Crippen molar-refractivity contribution in [1.29, 1.82) is 0 Å². The zero-order valence-electron chi connectivity index (χ0n) is 30.0. The van der Waals surface area contributed by atoms with Crippen LogP contribution in [0.1, 0.15) is 55.4 Å². The van der Waals surface area contributed by atoms with Crippen LogP contribution in [-0.2, 0) is 43.5 Å². The van der Waals surface area contributed by atoms with E-state index in [1.807, 2.05) is 66.7 Å². The van der Waals surface area contributed by atoms with E-state index in [1.165, 1.54) is 0 Å². The van der Waals surface area contributed by atoms with Crippen LogP contribution in [0.2, 0.25) is 0 Å². The van der Waals surface area contributed by atoms with Gasteiger partial charge >= 0.3 is 6.09 Å². The molecule has 0 radical (unpaired) electrons. The molecule has 4 aromatic carbocycles. The first kappa shape index (κ1) is 38.1. The monoisotopic (exact) mass is 719 g/mol. The Hall–Kier alpha value is -6.17. The van der Waals surface area contributed by atoms with Crippen LogP contribution in [0.4, 0.5) is 10.5 Å². The first-order valence-corrected chi connectivity index (χ1v) is 17.5. The molecule has 0 saturated heterocycles. The standard InChI is InChI=1S/C41H45N5O7/c1-41(2,3)53-40(51)46-34(22-27-18-20-30(21-19-27)52-26-29-14-8-5-9-15-29)38(49)43-25-36(47)44-35(39(50)42-24-28-12-6-4-7-13-28)23-32-31-16-10-11-17-33(31)45-37(32)48/h4-21,32,34-35H,22-26H2,1-3H3,(H,42,50)(H,43,49)(H,44,47)(H,45,48)(H,46,51)/t32?,34-,35-/m0/s1. The Morgan fingerprint density at radius 1 is 0.717 bits per heavy atom. The topological polar surface area (TPSA) is 164 Å². The molecule has 0 fully saturated rings. The van der Waals surface area contributed by atoms with Crippen molar-refractivity contribution in [2.45, 2.75) is 70.4 Å². The molecule has 4 aromatic rings. The van der Waals surface area contributed by atoms with E-state index in [1.54, 1.807) is 63.2 Å². The van der Waals surface area contributed by atoms with E-state index < -0.39 is 54.0 Å². The molecule has 1 heterocycles. The van der Waals surface area contributed by atoms with Gasteiger partial charge < -0.3 is 36.1 Å². The third kappa shape index (κ3) is 11.7. The minimum Gasteiger partial charge on any atom is -0.489 e. The Bertz CT molecular complexity index is 1880.